The Labute approximate surface area is 97.8 Å². The highest BCUT2D eigenvalue weighted by atomic mass is 14.2. The molecule has 0 radical (unpaired) electrons. The Morgan fingerprint density at radius 2 is 1.47 bits per heavy atom. The molecular weight excluding hydrogens is 180 g/mol. The monoisotopic (exact) mass is 212 g/mol. The first kappa shape index (κ1) is 15.0. The van der Waals surface area contributed by atoms with Crippen molar-refractivity contribution in [1.29, 1.82) is 0 Å². The van der Waals surface area contributed by atoms with E-state index in [1.807, 2.05) is 0 Å². The molecule has 0 bridgehead atoms. The summed E-state index contributed by atoms with van der Waals surface area (Å²) >= 11 is 0. The van der Waals surface area contributed by atoms with Crippen LogP contribution in [-0.4, -0.2) is 0 Å². The maximum absolute atomic E-state index is 2.44. The molecule has 0 aliphatic heterocycles. The van der Waals surface area contributed by atoms with Crippen molar-refractivity contribution < 1.29 is 0 Å². The zero-order chi connectivity index (χ0) is 11.7. The molecule has 0 aromatic carbocycles. The van der Waals surface area contributed by atoms with E-state index in [1.165, 1.54) is 44.9 Å². The van der Waals surface area contributed by atoms with E-state index >= 15 is 0 Å². The maximum Gasteiger partial charge on any atom is -0.0414 e. The lowest BCUT2D eigenvalue weighted by molar-refractivity contribution is 0.278. The Hall–Kier alpha value is 0. The number of hydrogen-bond acceptors (Lipinski definition) is 0. The first-order chi connectivity index (χ1) is 7.15. The summed E-state index contributed by atoms with van der Waals surface area (Å²) in [6, 6.07) is 0. The Kier molecular flexibility index (Phi) is 9.24. The summed E-state index contributed by atoms with van der Waals surface area (Å²) in [5.41, 5.74) is 0. The van der Waals surface area contributed by atoms with E-state index in [2.05, 4.69) is 34.6 Å². The molecule has 0 aromatic rings. The van der Waals surface area contributed by atoms with E-state index in [9.17, 15) is 0 Å². The third kappa shape index (κ3) is 6.98. The molecule has 0 nitrogen and oxygen atoms in total. The van der Waals surface area contributed by atoms with Gasteiger partial charge in [0.15, 0.2) is 0 Å². The Morgan fingerprint density at radius 1 is 0.800 bits per heavy atom. The Morgan fingerprint density at radius 3 is 1.93 bits per heavy atom. The van der Waals surface area contributed by atoms with E-state index in [4.69, 9.17) is 0 Å². The van der Waals surface area contributed by atoms with Gasteiger partial charge in [-0.3, -0.25) is 0 Å². The lowest BCUT2D eigenvalue weighted by atomic mass is 9.82. The second-order valence-corrected chi connectivity index (χ2v) is 5.37. The molecule has 0 spiro atoms. The minimum Gasteiger partial charge on any atom is -0.0654 e. The fourth-order valence-electron chi connectivity index (χ4n) is 2.33. The highest BCUT2D eigenvalue weighted by Crippen LogP contribution is 2.27. The minimum absolute atomic E-state index is 0.908. The average molecular weight is 212 g/mol. The fraction of sp³-hybridized carbons (Fsp3) is 1.00. The molecule has 15 heavy (non-hydrogen) atoms. The van der Waals surface area contributed by atoms with E-state index in [-0.39, 0.29) is 0 Å². The molecule has 0 aromatic heterocycles. The highest BCUT2D eigenvalue weighted by molar-refractivity contribution is 4.66. The predicted octanol–water partition coefficient (Wildman–Crippen LogP) is 5.67. The zero-order valence-electron chi connectivity index (χ0n) is 11.7. The van der Waals surface area contributed by atoms with Crippen LogP contribution in [0.4, 0.5) is 0 Å². The summed E-state index contributed by atoms with van der Waals surface area (Å²) < 4.78 is 0. The topological polar surface area (TPSA) is 0 Å². The van der Waals surface area contributed by atoms with Gasteiger partial charge in [-0.05, 0) is 24.2 Å². The van der Waals surface area contributed by atoms with E-state index in [0.29, 0.717) is 0 Å². The van der Waals surface area contributed by atoms with Gasteiger partial charge in [0.05, 0.1) is 0 Å². The van der Waals surface area contributed by atoms with Gasteiger partial charge in [0.1, 0.15) is 0 Å². The van der Waals surface area contributed by atoms with Crippen LogP contribution in [-0.2, 0) is 0 Å². The van der Waals surface area contributed by atoms with Gasteiger partial charge in [0.25, 0.3) is 0 Å². The Balaban J connectivity index is 3.76. The fourth-order valence-corrected chi connectivity index (χ4v) is 2.33. The van der Waals surface area contributed by atoms with Crippen LogP contribution in [0, 0.1) is 17.8 Å². The predicted molar refractivity (Wildman–Crippen MR) is 71.2 cm³/mol. The summed E-state index contributed by atoms with van der Waals surface area (Å²) in [4.78, 5) is 0. The van der Waals surface area contributed by atoms with Crippen molar-refractivity contribution in [1.82, 2.24) is 0 Å². The first-order valence-corrected chi connectivity index (χ1v) is 7.15. The molecule has 0 N–H and O–H groups in total. The van der Waals surface area contributed by atoms with Crippen LogP contribution in [0.5, 0.6) is 0 Å². The lowest BCUT2D eigenvalue weighted by Crippen LogP contribution is -2.12. The average Bonchev–Trinajstić information content (AvgIpc) is 2.26. The maximum atomic E-state index is 2.44. The summed E-state index contributed by atoms with van der Waals surface area (Å²) in [5.74, 6) is 2.81. The summed E-state index contributed by atoms with van der Waals surface area (Å²) in [7, 11) is 0. The van der Waals surface area contributed by atoms with Crippen molar-refractivity contribution >= 4 is 0 Å². The molecule has 3 atom stereocenters. The van der Waals surface area contributed by atoms with E-state index in [0.717, 1.165) is 17.8 Å². The van der Waals surface area contributed by atoms with Gasteiger partial charge < -0.3 is 0 Å². The molecule has 0 heteroatoms. The van der Waals surface area contributed by atoms with Crippen LogP contribution in [0.2, 0.25) is 0 Å². The van der Waals surface area contributed by atoms with Crippen LogP contribution in [0.3, 0.4) is 0 Å². The van der Waals surface area contributed by atoms with Gasteiger partial charge in [-0.25, -0.2) is 0 Å². The summed E-state index contributed by atoms with van der Waals surface area (Å²) in [5, 5.41) is 0. The zero-order valence-corrected chi connectivity index (χ0v) is 11.7. The normalized spacial score (nSPS) is 17.4. The molecule has 0 aliphatic rings. The van der Waals surface area contributed by atoms with Gasteiger partial charge >= 0.3 is 0 Å². The number of hydrogen-bond donors (Lipinski definition) is 0. The highest BCUT2D eigenvalue weighted by Gasteiger charge is 2.15. The van der Waals surface area contributed by atoms with Gasteiger partial charge in [-0.2, -0.15) is 0 Å². The van der Waals surface area contributed by atoms with Crippen molar-refractivity contribution in [2.75, 3.05) is 0 Å². The quantitative estimate of drug-likeness (QED) is 0.432. The molecule has 0 saturated heterocycles. The molecule has 0 rings (SSSR count). The number of unbranched alkanes of at least 4 members (excludes halogenated alkanes) is 2. The standard InChI is InChI=1S/C15H32/c1-6-9-10-11-15(8-3)12-14(5)13(4)7-2/h13-15H,6-12H2,1-5H3. The molecule has 0 fully saturated rings. The van der Waals surface area contributed by atoms with Crippen molar-refractivity contribution in [2.45, 2.75) is 79.6 Å². The molecule has 0 heterocycles. The van der Waals surface area contributed by atoms with Gasteiger partial charge in [0, 0.05) is 0 Å². The van der Waals surface area contributed by atoms with Crippen LogP contribution >= 0.6 is 0 Å². The van der Waals surface area contributed by atoms with E-state index in [1.54, 1.807) is 0 Å². The van der Waals surface area contributed by atoms with Crippen LogP contribution in [0.1, 0.15) is 79.6 Å². The first-order valence-electron chi connectivity index (χ1n) is 7.15. The van der Waals surface area contributed by atoms with Crippen molar-refractivity contribution in [2.24, 2.45) is 17.8 Å². The summed E-state index contributed by atoms with van der Waals surface area (Å²) in [6.45, 7) is 11.8. The third-order valence-electron chi connectivity index (χ3n) is 4.11. The van der Waals surface area contributed by atoms with Gasteiger partial charge in [-0.1, -0.05) is 73.1 Å². The molecular formula is C15H32. The van der Waals surface area contributed by atoms with Crippen molar-refractivity contribution in [3.05, 3.63) is 0 Å². The largest absolute Gasteiger partial charge is 0.0654 e. The molecule has 3 unspecified atom stereocenters. The minimum atomic E-state index is 0.908. The van der Waals surface area contributed by atoms with E-state index < -0.39 is 0 Å². The molecule has 0 aliphatic carbocycles. The molecule has 0 amide bonds. The second-order valence-electron chi connectivity index (χ2n) is 5.37. The van der Waals surface area contributed by atoms with Crippen LogP contribution in [0.25, 0.3) is 0 Å². The Bertz CT molecular complexity index is 128. The van der Waals surface area contributed by atoms with Crippen molar-refractivity contribution in [3.63, 3.8) is 0 Å². The SMILES string of the molecule is CCCCCC(CC)CC(C)C(C)CC. The van der Waals surface area contributed by atoms with Crippen LogP contribution < -0.4 is 0 Å². The molecule has 92 valence electrons. The number of rotatable bonds is 9. The summed E-state index contributed by atoms with van der Waals surface area (Å²) in [6.07, 6.45) is 9.87. The van der Waals surface area contributed by atoms with Gasteiger partial charge in [-0.15, -0.1) is 0 Å². The van der Waals surface area contributed by atoms with Gasteiger partial charge in [0.2, 0.25) is 0 Å². The smallest absolute Gasteiger partial charge is 0.0414 e. The van der Waals surface area contributed by atoms with Crippen molar-refractivity contribution in [3.8, 4) is 0 Å². The lowest BCUT2D eigenvalue weighted by Gasteiger charge is -2.23. The molecule has 0 saturated carbocycles. The van der Waals surface area contributed by atoms with Crippen LogP contribution in [0.15, 0.2) is 0 Å². The second kappa shape index (κ2) is 9.24. The third-order valence-corrected chi connectivity index (χ3v) is 4.11.